The fourth-order valence-electron chi connectivity index (χ4n) is 3.65. The van der Waals surface area contributed by atoms with Crippen molar-refractivity contribution >= 4 is 29.2 Å². The zero-order chi connectivity index (χ0) is 23.3. The third kappa shape index (κ3) is 7.47. The Morgan fingerprint density at radius 2 is 1.74 bits per heavy atom. The number of carbonyl (C=O) groups is 3. The van der Waals surface area contributed by atoms with E-state index < -0.39 is 24.0 Å². The second-order valence-electron chi connectivity index (χ2n) is 7.66. The fourth-order valence-corrected chi connectivity index (χ4v) is 4.59. The van der Waals surface area contributed by atoms with E-state index in [1.54, 1.807) is 4.90 Å². The number of aliphatic carboxylic acids is 2. The Balaban J connectivity index is 0.000000423. The van der Waals surface area contributed by atoms with Gasteiger partial charge in [-0.25, -0.2) is 4.79 Å². The highest BCUT2D eigenvalue weighted by molar-refractivity contribution is 7.11. The van der Waals surface area contributed by atoms with Crippen LogP contribution in [0, 0.1) is 12.8 Å². The lowest BCUT2D eigenvalue weighted by molar-refractivity contribution is -0.192. The van der Waals surface area contributed by atoms with Gasteiger partial charge < -0.3 is 15.1 Å². The smallest absolute Gasteiger partial charge is 0.481 e. The zero-order valence-electron chi connectivity index (χ0n) is 17.3. The van der Waals surface area contributed by atoms with E-state index in [1.165, 1.54) is 16.7 Å². The Hall–Kier alpha value is -2.18. The summed E-state index contributed by atoms with van der Waals surface area (Å²) in [6.07, 6.45) is -5.08. The number of amides is 1. The van der Waals surface area contributed by atoms with Gasteiger partial charge in [-0.3, -0.25) is 19.4 Å². The van der Waals surface area contributed by atoms with Crippen molar-refractivity contribution in [1.82, 2.24) is 14.7 Å². The van der Waals surface area contributed by atoms with Crippen LogP contribution in [0.25, 0.3) is 0 Å². The molecule has 0 aromatic carbocycles. The minimum atomic E-state index is -5.08. The van der Waals surface area contributed by atoms with Gasteiger partial charge in [0.15, 0.2) is 0 Å². The van der Waals surface area contributed by atoms with Crippen molar-refractivity contribution in [1.29, 1.82) is 0 Å². The molecule has 3 rings (SSSR count). The molecule has 12 heteroatoms. The number of aryl methyl sites for hydroxylation is 1. The Morgan fingerprint density at radius 1 is 1.10 bits per heavy atom. The molecule has 1 aromatic rings. The molecule has 1 amide bonds. The third-order valence-corrected chi connectivity index (χ3v) is 6.21. The van der Waals surface area contributed by atoms with Gasteiger partial charge in [-0.2, -0.15) is 13.2 Å². The molecular formula is C19H26F3N3O5S. The van der Waals surface area contributed by atoms with Crippen LogP contribution in [-0.4, -0.2) is 94.2 Å². The lowest BCUT2D eigenvalue weighted by atomic mass is 10.1. The molecule has 2 N–H and O–H groups in total. The Morgan fingerprint density at radius 3 is 2.23 bits per heavy atom. The van der Waals surface area contributed by atoms with Gasteiger partial charge in [0.2, 0.25) is 5.91 Å². The highest BCUT2D eigenvalue weighted by Gasteiger charge is 2.38. The molecule has 174 valence electrons. The van der Waals surface area contributed by atoms with E-state index in [2.05, 4.69) is 28.9 Å². The summed E-state index contributed by atoms with van der Waals surface area (Å²) in [5.74, 6) is -4.09. The van der Waals surface area contributed by atoms with Gasteiger partial charge in [0, 0.05) is 68.5 Å². The number of fused-ring (bicyclic) bond motifs is 1. The number of halogens is 3. The van der Waals surface area contributed by atoms with Crippen LogP contribution in [0.3, 0.4) is 0 Å². The molecule has 2 aliphatic heterocycles. The quantitative estimate of drug-likeness (QED) is 0.701. The Kier molecular flexibility index (Phi) is 8.43. The maximum absolute atomic E-state index is 11.9. The first-order valence-electron chi connectivity index (χ1n) is 9.67. The van der Waals surface area contributed by atoms with Gasteiger partial charge >= 0.3 is 18.1 Å². The molecule has 0 aliphatic carbocycles. The first kappa shape index (κ1) is 25.1. The summed E-state index contributed by atoms with van der Waals surface area (Å²) in [4.78, 5) is 41.3. The van der Waals surface area contributed by atoms with Crippen LogP contribution in [-0.2, 0) is 20.9 Å². The van der Waals surface area contributed by atoms with Gasteiger partial charge in [-0.05, 0) is 19.1 Å². The van der Waals surface area contributed by atoms with E-state index in [1.807, 2.05) is 11.3 Å². The summed E-state index contributed by atoms with van der Waals surface area (Å²) in [6, 6.07) is 4.55. The summed E-state index contributed by atoms with van der Waals surface area (Å²) < 4.78 is 31.7. The standard InChI is InChI=1S/C17H25N3O3S.C2HF3O2/c1-12-3-4-16(24-12)11-18-5-6-19-7-14(17(22)23)8-20(13(2)21)10-15(19)9-18;3-2(4,5)1(6)7/h3-4,14-15H,5-11H2,1-2H3,(H,22,23);(H,6,7). The topological polar surface area (TPSA) is 101 Å². The number of piperazine rings is 1. The molecular weight excluding hydrogens is 439 g/mol. The maximum Gasteiger partial charge on any atom is 0.490 e. The number of alkyl halides is 3. The van der Waals surface area contributed by atoms with Crippen LogP contribution in [0.1, 0.15) is 16.7 Å². The molecule has 3 heterocycles. The number of carboxylic acid groups (broad SMARTS) is 2. The molecule has 2 aliphatic rings. The molecule has 0 saturated carbocycles. The Bertz CT molecular complexity index is 801. The van der Waals surface area contributed by atoms with Crippen molar-refractivity contribution in [2.45, 2.75) is 32.6 Å². The monoisotopic (exact) mass is 465 g/mol. The molecule has 2 unspecified atom stereocenters. The minimum absolute atomic E-state index is 0.0332. The number of carboxylic acids is 2. The number of nitrogens with zero attached hydrogens (tertiary/aromatic N) is 3. The van der Waals surface area contributed by atoms with Crippen molar-refractivity contribution < 1.29 is 37.8 Å². The summed E-state index contributed by atoms with van der Waals surface area (Å²) in [5, 5.41) is 16.6. The number of hydrogen-bond donors (Lipinski definition) is 2. The first-order valence-corrected chi connectivity index (χ1v) is 10.5. The van der Waals surface area contributed by atoms with Crippen molar-refractivity contribution in [3.63, 3.8) is 0 Å². The predicted octanol–water partition coefficient (Wildman–Crippen LogP) is 1.74. The number of carbonyl (C=O) groups excluding carboxylic acids is 1. The summed E-state index contributed by atoms with van der Waals surface area (Å²) >= 11 is 1.83. The average Bonchev–Trinajstić information content (AvgIpc) is 2.95. The van der Waals surface area contributed by atoms with Crippen molar-refractivity contribution in [2.24, 2.45) is 5.92 Å². The minimum Gasteiger partial charge on any atom is -0.481 e. The molecule has 0 spiro atoms. The lowest BCUT2D eigenvalue weighted by Crippen LogP contribution is -2.55. The van der Waals surface area contributed by atoms with E-state index in [0.29, 0.717) is 19.6 Å². The normalized spacial score (nSPS) is 22.7. The van der Waals surface area contributed by atoms with Crippen LogP contribution in [0.5, 0.6) is 0 Å². The van der Waals surface area contributed by atoms with Crippen molar-refractivity contribution in [3.8, 4) is 0 Å². The van der Waals surface area contributed by atoms with Crippen LogP contribution in [0.15, 0.2) is 12.1 Å². The molecule has 2 atom stereocenters. The third-order valence-electron chi connectivity index (χ3n) is 5.23. The molecule has 8 nitrogen and oxygen atoms in total. The second-order valence-corrected chi connectivity index (χ2v) is 9.03. The zero-order valence-corrected chi connectivity index (χ0v) is 18.1. The van der Waals surface area contributed by atoms with Gasteiger partial charge in [-0.1, -0.05) is 0 Å². The van der Waals surface area contributed by atoms with Crippen LogP contribution < -0.4 is 0 Å². The van der Waals surface area contributed by atoms with Gasteiger partial charge in [-0.15, -0.1) is 11.3 Å². The van der Waals surface area contributed by atoms with Crippen LogP contribution >= 0.6 is 11.3 Å². The summed E-state index contributed by atoms with van der Waals surface area (Å²) in [5.41, 5.74) is 0. The van der Waals surface area contributed by atoms with E-state index in [0.717, 1.165) is 26.2 Å². The molecule has 31 heavy (non-hydrogen) atoms. The fraction of sp³-hybridized carbons (Fsp3) is 0.632. The number of rotatable bonds is 3. The van der Waals surface area contributed by atoms with Crippen LogP contribution in [0.4, 0.5) is 13.2 Å². The highest BCUT2D eigenvalue weighted by atomic mass is 32.1. The van der Waals surface area contributed by atoms with Gasteiger partial charge in [0.05, 0.1) is 5.92 Å². The molecule has 2 fully saturated rings. The van der Waals surface area contributed by atoms with E-state index in [9.17, 15) is 27.9 Å². The first-order chi connectivity index (χ1) is 14.4. The molecule has 0 radical (unpaired) electrons. The molecule has 1 aromatic heterocycles. The van der Waals surface area contributed by atoms with E-state index >= 15 is 0 Å². The number of thiophene rings is 1. The predicted molar refractivity (Wildman–Crippen MR) is 107 cm³/mol. The Labute approximate surface area is 181 Å². The lowest BCUT2D eigenvalue weighted by Gasteiger charge is -2.41. The number of hydrogen-bond acceptors (Lipinski definition) is 6. The van der Waals surface area contributed by atoms with Crippen molar-refractivity contribution in [2.75, 3.05) is 39.3 Å². The second kappa shape index (κ2) is 10.4. The van der Waals surface area contributed by atoms with Crippen LogP contribution in [0.2, 0.25) is 0 Å². The largest absolute Gasteiger partial charge is 0.490 e. The average molecular weight is 465 g/mol. The SMILES string of the molecule is CC(=O)N1CC(C(=O)O)CN2CCN(Cc3ccc(C)s3)CC2C1.O=C(O)C(F)(F)F. The summed E-state index contributed by atoms with van der Waals surface area (Å²) in [6.45, 7) is 8.76. The summed E-state index contributed by atoms with van der Waals surface area (Å²) in [7, 11) is 0. The molecule has 0 bridgehead atoms. The van der Waals surface area contributed by atoms with Gasteiger partial charge in [0.25, 0.3) is 0 Å². The maximum atomic E-state index is 11.9. The van der Waals surface area contributed by atoms with Gasteiger partial charge in [0.1, 0.15) is 0 Å². The van der Waals surface area contributed by atoms with E-state index in [-0.39, 0.29) is 11.9 Å². The van der Waals surface area contributed by atoms with Crippen molar-refractivity contribution in [3.05, 3.63) is 21.9 Å². The molecule has 2 saturated heterocycles. The highest BCUT2D eigenvalue weighted by Crippen LogP contribution is 2.22. The van der Waals surface area contributed by atoms with E-state index in [4.69, 9.17) is 9.90 Å².